The van der Waals surface area contributed by atoms with Crippen LogP contribution in [-0.2, 0) is 19.4 Å². The van der Waals surface area contributed by atoms with Crippen LogP contribution in [0.4, 0.5) is 0 Å². The molecule has 2 unspecified atom stereocenters. The summed E-state index contributed by atoms with van der Waals surface area (Å²) < 4.78 is 22.9. The molecule has 0 radical (unpaired) electrons. The largest absolute Gasteiger partial charge is 0.481 e. The van der Waals surface area contributed by atoms with Crippen LogP contribution in [0.25, 0.3) is 0 Å². The topological polar surface area (TPSA) is 101 Å². The van der Waals surface area contributed by atoms with Crippen LogP contribution in [0.15, 0.2) is 24.3 Å². The molecule has 2 atom stereocenters. The summed E-state index contributed by atoms with van der Waals surface area (Å²) >= 11 is 0. The zero-order valence-electron chi connectivity index (χ0n) is 13.0. The molecule has 1 aromatic rings. The van der Waals surface area contributed by atoms with Crippen LogP contribution in [0.2, 0.25) is 0 Å². The summed E-state index contributed by atoms with van der Waals surface area (Å²) in [6.45, 7) is 1.86. The monoisotopic (exact) mass is 339 g/mol. The number of nitrogens with one attached hydrogen (secondary N) is 1. The molecule has 7 heteroatoms. The molecule has 1 aliphatic heterocycles. The van der Waals surface area contributed by atoms with E-state index < -0.39 is 21.8 Å². The van der Waals surface area contributed by atoms with Gasteiger partial charge in [0.2, 0.25) is 5.91 Å². The van der Waals surface area contributed by atoms with Crippen LogP contribution in [0.3, 0.4) is 0 Å². The molecule has 1 aliphatic rings. The predicted octanol–water partition coefficient (Wildman–Crippen LogP) is 1.45. The van der Waals surface area contributed by atoms with Crippen molar-refractivity contribution in [2.24, 2.45) is 5.92 Å². The number of hydrogen-bond acceptors (Lipinski definition) is 4. The Morgan fingerprint density at radius 1 is 1.35 bits per heavy atom. The van der Waals surface area contributed by atoms with Crippen LogP contribution in [0.5, 0.6) is 0 Å². The van der Waals surface area contributed by atoms with Crippen molar-refractivity contribution in [2.45, 2.75) is 32.2 Å². The zero-order chi connectivity index (χ0) is 17.0. The highest BCUT2D eigenvalue weighted by atomic mass is 32.2. The third kappa shape index (κ3) is 5.06. The molecule has 1 saturated heterocycles. The third-order valence-electron chi connectivity index (χ3n) is 4.08. The fourth-order valence-electron chi connectivity index (χ4n) is 2.94. The second-order valence-electron chi connectivity index (χ2n) is 6.05. The van der Waals surface area contributed by atoms with Crippen molar-refractivity contribution in [3.63, 3.8) is 0 Å². The van der Waals surface area contributed by atoms with E-state index in [-0.39, 0.29) is 36.2 Å². The number of aliphatic carboxylic acids is 1. The highest BCUT2D eigenvalue weighted by Gasteiger charge is 2.30. The molecule has 1 amide bonds. The first-order valence-corrected chi connectivity index (χ1v) is 9.36. The molecule has 126 valence electrons. The van der Waals surface area contributed by atoms with Crippen molar-refractivity contribution in [3.8, 4) is 0 Å². The van der Waals surface area contributed by atoms with Gasteiger partial charge in [0.1, 0.15) is 0 Å². The smallest absolute Gasteiger partial charge is 0.305 e. The minimum atomic E-state index is -3.02. The average molecular weight is 339 g/mol. The molecule has 1 aromatic carbocycles. The number of carbonyl (C=O) groups excluding carboxylic acids is 1. The second-order valence-corrected chi connectivity index (χ2v) is 8.28. The summed E-state index contributed by atoms with van der Waals surface area (Å²) in [5.41, 5.74) is 1.67. The van der Waals surface area contributed by atoms with Gasteiger partial charge in [-0.2, -0.15) is 0 Å². The number of carboxylic acids is 1. The Morgan fingerprint density at radius 2 is 2.04 bits per heavy atom. The fourth-order valence-corrected chi connectivity index (χ4v) is 4.80. The Labute approximate surface area is 135 Å². The first kappa shape index (κ1) is 17.5. The highest BCUT2D eigenvalue weighted by Crippen LogP contribution is 2.24. The van der Waals surface area contributed by atoms with Gasteiger partial charge in [-0.15, -0.1) is 0 Å². The van der Waals surface area contributed by atoms with Gasteiger partial charge in [-0.1, -0.05) is 24.3 Å². The second kappa shape index (κ2) is 7.12. The van der Waals surface area contributed by atoms with Crippen LogP contribution in [-0.4, -0.2) is 36.9 Å². The van der Waals surface area contributed by atoms with Gasteiger partial charge < -0.3 is 10.4 Å². The number of hydrogen-bond donors (Lipinski definition) is 2. The van der Waals surface area contributed by atoms with E-state index >= 15 is 0 Å². The lowest BCUT2D eigenvalue weighted by atomic mass is 9.98. The molecular weight excluding hydrogens is 318 g/mol. The normalized spacial score (nSPS) is 20.8. The molecule has 0 aromatic heterocycles. The predicted molar refractivity (Wildman–Crippen MR) is 85.7 cm³/mol. The molecule has 6 nitrogen and oxygen atoms in total. The molecule has 0 saturated carbocycles. The summed E-state index contributed by atoms with van der Waals surface area (Å²) in [6.07, 6.45) is 0.393. The molecule has 0 aliphatic carbocycles. The van der Waals surface area contributed by atoms with Crippen molar-refractivity contribution in [1.29, 1.82) is 0 Å². The molecule has 1 heterocycles. The number of amides is 1. The van der Waals surface area contributed by atoms with E-state index in [1.807, 2.05) is 19.1 Å². The van der Waals surface area contributed by atoms with E-state index in [2.05, 4.69) is 5.32 Å². The van der Waals surface area contributed by atoms with Crippen LogP contribution in [0, 0.1) is 12.8 Å². The molecule has 1 fully saturated rings. The quantitative estimate of drug-likeness (QED) is 0.817. The minimum Gasteiger partial charge on any atom is -0.481 e. The maximum Gasteiger partial charge on any atom is 0.305 e. The number of benzene rings is 1. The molecule has 2 N–H and O–H groups in total. The van der Waals surface area contributed by atoms with Crippen LogP contribution in [0.1, 0.15) is 36.4 Å². The van der Waals surface area contributed by atoms with Crippen molar-refractivity contribution >= 4 is 21.7 Å². The minimum absolute atomic E-state index is 0.0361. The summed E-state index contributed by atoms with van der Waals surface area (Å²) in [7, 11) is -3.02. The number of rotatable bonds is 6. The summed E-state index contributed by atoms with van der Waals surface area (Å²) in [5.74, 6) is -1.32. The third-order valence-corrected chi connectivity index (χ3v) is 5.92. The van der Waals surface area contributed by atoms with Gasteiger partial charge in [0.15, 0.2) is 9.84 Å². The van der Waals surface area contributed by atoms with Crippen LogP contribution >= 0.6 is 0 Å². The Balaban J connectivity index is 2.04. The molecule has 2 rings (SSSR count). The maximum atomic E-state index is 12.2. The van der Waals surface area contributed by atoms with Gasteiger partial charge in [0.25, 0.3) is 0 Å². The average Bonchev–Trinajstić information content (AvgIpc) is 2.77. The maximum absolute atomic E-state index is 12.2. The van der Waals surface area contributed by atoms with E-state index in [4.69, 9.17) is 5.11 Å². The van der Waals surface area contributed by atoms with Crippen molar-refractivity contribution in [3.05, 3.63) is 35.4 Å². The summed E-state index contributed by atoms with van der Waals surface area (Å²) in [5, 5.41) is 11.8. The van der Waals surface area contributed by atoms with E-state index in [9.17, 15) is 18.0 Å². The van der Waals surface area contributed by atoms with E-state index in [1.165, 1.54) is 0 Å². The van der Waals surface area contributed by atoms with Gasteiger partial charge in [-0.3, -0.25) is 9.59 Å². The summed E-state index contributed by atoms with van der Waals surface area (Å²) in [6, 6.07) is 6.69. The van der Waals surface area contributed by atoms with Gasteiger partial charge in [0, 0.05) is 6.42 Å². The van der Waals surface area contributed by atoms with Gasteiger partial charge in [-0.25, -0.2) is 8.42 Å². The number of carbonyl (C=O) groups is 2. The van der Waals surface area contributed by atoms with Gasteiger partial charge in [-0.05, 0) is 30.4 Å². The first-order valence-electron chi connectivity index (χ1n) is 7.54. The Bertz CT molecular complexity index is 698. The van der Waals surface area contributed by atoms with Gasteiger partial charge in [0.05, 0.1) is 24.0 Å². The molecule has 0 spiro atoms. The lowest BCUT2D eigenvalue weighted by Crippen LogP contribution is -2.32. The zero-order valence-corrected chi connectivity index (χ0v) is 13.8. The standard InChI is InChI=1S/C16H21NO5S/c1-11-4-2-3-5-13(11)14(9-16(19)20)17-15(18)8-12-6-7-23(21,22)10-12/h2-5,12,14H,6-10H2,1H3,(H,17,18)(H,19,20). The Morgan fingerprint density at radius 3 is 2.61 bits per heavy atom. The number of sulfone groups is 1. The summed E-state index contributed by atoms with van der Waals surface area (Å²) in [4.78, 5) is 23.3. The van der Waals surface area contributed by atoms with Crippen molar-refractivity contribution in [1.82, 2.24) is 5.32 Å². The Kier molecular flexibility index (Phi) is 5.41. The lowest BCUT2D eigenvalue weighted by molar-refractivity contribution is -0.137. The van der Waals surface area contributed by atoms with E-state index in [0.29, 0.717) is 6.42 Å². The highest BCUT2D eigenvalue weighted by molar-refractivity contribution is 7.91. The van der Waals surface area contributed by atoms with Gasteiger partial charge >= 0.3 is 5.97 Å². The molecule has 0 bridgehead atoms. The number of carboxylic acid groups (broad SMARTS) is 1. The van der Waals surface area contributed by atoms with E-state index in [1.54, 1.807) is 12.1 Å². The SMILES string of the molecule is Cc1ccccc1C(CC(=O)O)NC(=O)CC1CCS(=O)(=O)C1. The van der Waals surface area contributed by atoms with Crippen molar-refractivity contribution in [2.75, 3.05) is 11.5 Å². The lowest BCUT2D eigenvalue weighted by Gasteiger charge is -2.20. The Hall–Kier alpha value is -1.89. The fraction of sp³-hybridized carbons (Fsp3) is 0.500. The number of aryl methyl sites for hydroxylation is 1. The molecule has 23 heavy (non-hydrogen) atoms. The molecular formula is C16H21NO5S. The van der Waals surface area contributed by atoms with E-state index in [0.717, 1.165) is 11.1 Å². The first-order chi connectivity index (χ1) is 10.8. The van der Waals surface area contributed by atoms with Crippen molar-refractivity contribution < 1.29 is 23.1 Å². The van der Waals surface area contributed by atoms with Crippen LogP contribution < -0.4 is 5.32 Å².